The molecule has 2 aromatic heterocycles. The van der Waals surface area contributed by atoms with Crippen LogP contribution in [-0.4, -0.2) is 48.4 Å². The molecule has 1 amide bonds. The molecule has 3 aromatic rings. The lowest BCUT2D eigenvalue weighted by Gasteiger charge is -2.34. The summed E-state index contributed by atoms with van der Waals surface area (Å²) < 4.78 is 7.19. The first-order chi connectivity index (χ1) is 15.2. The highest BCUT2D eigenvalue weighted by Crippen LogP contribution is 2.31. The number of amides is 1. The molecule has 4 rings (SSSR count). The number of carbonyl (C=O) groups is 1. The van der Waals surface area contributed by atoms with E-state index < -0.39 is 0 Å². The zero-order chi connectivity index (χ0) is 21.6. The number of piperidine rings is 1. The van der Waals surface area contributed by atoms with Crippen molar-refractivity contribution in [3.63, 3.8) is 0 Å². The summed E-state index contributed by atoms with van der Waals surface area (Å²) in [4.78, 5) is 23.4. The number of fused-ring (bicyclic) bond motifs is 1. The number of thiazole rings is 1. The number of nitrogens with one attached hydrogen (secondary N) is 2. The summed E-state index contributed by atoms with van der Waals surface area (Å²) in [5, 5.41) is 7.00. The van der Waals surface area contributed by atoms with Crippen molar-refractivity contribution < 1.29 is 9.21 Å². The fraction of sp³-hybridized carbons (Fsp3) is 0.435. The molecular weight excluding hydrogens is 410 g/mol. The van der Waals surface area contributed by atoms with Crippen LogP contribution in [0.5, 0.6) is 0 Å². The first-order valence-electron chi connectivity index (χ1n) is 10.8. The Bertz CT molecular complexity index is 1020. The van der Waals surface area contributed by atoms with Crippen LogP contribution in [0, 0.1) is 5.92 Å². The highest BCUT2D eigenvalue weighted by Gasteiger charge is 2.23. The van der Waals surface area contributed by atoms with E-state index in [0.29, 0.717) is 18.9 Å². The van der Waals surface area contributed by atoms with Crippen LogP contribution in [0.15, 0.2) is 45.8 Å². The molecule has 8 heteroatoms. The number of aliphatic imine (C=N–C) groups is 1. The van der Waals surface area contributed by atoms with E-state index in [-0.39, 0.29) is 5.91 Å². The van der Waals surface area contributed by atoms with Crippen LogP contribution < -0.4 is 10.6 Å². The molecule has 31 heavy (non-hydrogen) atoms. The lowest BCUT2D eigenvalue weighted by atomic mass is 9.93. The van der Waals surface area contributed by atoms with Gasteiger partial charge in [-0.2, -0.15) is 0 Å². The molecule has 3 heterocycles. The molecule has 7 nitrogen and oxygen atoms in total. The maximum atomic E-state index is 11.6. The molecule has 2 N–H and O–H groups in total. The van der Waals surface area contributed by atoms with E-state index in [1.807, 2.05) is 30.3 Å². The third-order valence-corrected chi connectivity index (χ3v) is 6.60. The fourth-order valence-electron chi connectivity index (χ4n) is 3.85. The summed E-state index contributed by atoms with van der Waals surface area (Å²) >= 11 is 1.64. The smallest absolute Gasteiger partial charge is 0.220 e. The maximum absolute atomic E-state index is 11.6. The van der Waals surface area contributed by atoms with E-state index in [2.05, 4.69) is 33.5 Å². The van der Waals surface area contributed by atoms with Gasteiger partial charge in [0.05, 0.1) is 10.2 Å². The van der Waals surface area contributed by atoms with Crippen molar-refractivity contribution in [2.45, 2.75) is 32.7 Å². The molecule has 0 aliphatic carbocycles. The number of likely N-dealkylation sites (tertiary alicyclic amines) is 1. The number of hydrogen-bond acceptors (Lipinski definition) is 5. The Balaban J connectivity index is 1.39. The van der Waals surface area contributed by atoms with E-state index >= 15 is 0 Å². The number of benzene rings is 1. The molecule has 0 saturated carbocycles. The first-order valence-corrected chi connectivity index (χ1v) is 11.7. The third-order valence-electron chi connectivity index (χ3n) is 5.55. The Labute approximate surface area is 186 Å². The number of para-hydroxylation sites is 1. The van der Waals surface area contributed by atoms with Crippen LogP contribution in [0.4, 0.5) is 0 Å². The van der Waals surface area contributed by atoms with Crippen molar-refractivity contribution in [3.05, 3.63) is 42.2 Å². The number of aromatic nitrogens is 1. The van der Waals surface area contributed by atoms with Crippen LogP contribution in [0.1, 0.15) is 31.9 Å². The second kappa shape index (κ2) is 9.96. The topological polar surface area (TPSA) is 82.8 Å². The van der Waals surface area contributed by atoms with Gasteiger partial charge in [-0.3, -0.25) is 4.79 Å². The van der Waals surface area contributed by atoms with Gasteiger partial charge in [-0.05, 0) is 49.9 Å². The number of carbonyl (C=O) groups excluding carboxylic acids is 1. The molecule has 164 valence electrons. The second-order valence-corrected chi connectivity index (χ2v) is 8.76. The van der Waals surface area contributed by atoms with Crippen molar-refractivity contribution in [1.82, 2.24) is 20.5 Å². The number of guanidine groups is 1. The number of hydrogen-bond donors (Lipinski definition) is 2. The van der Waals surface area contributed by atoms with Crippen LogP contribution in [0.2, 0.25) is 0 Å². The molecule has 0 atom stereocenters. The Morgan fingerprint density at radius 2 is 2.06 bits per heavy atom. The van der Waals surface area contributed by atoms with Gasteiger partial charge in [0.25, 0.3) is 0 Å². The molecule has 1 aliphatic rings. The summed E-state index contributed by atoms with van der Waals surface area (Å²) in [5.41, 5.74) is 0.993. The zero-order valence-corrected chi connectivity index (χ0v) is 18.9. The van der Waals surface area contributed by atoms with Gasteiger partial charge in [-0.1, -0.05) is 12.1 Å². The summed E-state index contributed by atoms with van der Waals surface area (Å²) in [6.07, 6.45) is 2.61. The highest BCUT2D eigenvalue weighted by molar-refractivity contribution is 7.21. The molecule has 1 fully saturated rings. The standard InChI is InChI=1S/C23H29N5O2S/c1-3-25-23(28-12-10-16(11-13-28)14-21(29)24-2)26-15-17-8-9-19(30-17)22-27-18-6-4-5-7-20(18)31-22/h4-9,16H,3,10-15H2,1-2H3,(H,24,29)(H,25,26). The van der Waals surface area contributed by atoms with Gasteiger partial charge in [0.1, 0.15) is 12.3 Å². The zero-order valence-electron chi connectivity index (χ0n) is 18.1. The fourth-order valence-corrected chi connectivity index (χ4v) is 4.77. The molecule has 1 saturated heterocycles. The van der Waals surface area contributed by atoms with Gasteiger partial charge in [0.15, 0.2) is 16.7 Å². The van der Waals surface area contributed by atoms with Gasteiger partial charge in [-0.15, -0.1) is 11.3 Å². The van der Waals surface area contributed by atoms with E-state index in [1.165, 1.54) is 0 Å². The number of nitrogens with zero attached hydrogens (tertiary/aromatic N) is 3. The quantitative estimate of drug-likeness (QED) is 0.450. The summed E-state index contributed by atoms with van der Waals surface area (Å²) in [6.45, 7) is 5.18. The molecular formula is C23H29N5O2S. The highest BCUT2D eigenvalue weighted by atomic mass is 32.1. The van der Waals surface area contributed by atoms with E-state index in [9.17, 15) is 4.79 Å². The van der Waals surface area contributed by atoms with E-state index in [0.717, 1.165) is 65.2 Å². The van der Waals surface area contributed by atoms with Crippen LogP contribution >= 0.6 is 11.3 Å². The van der Waals surface area contributed by atoms with Gasteiger partial charge in [0.2, 0.25) is 5.91 Å². The lowest BCUT2D eigenvalue weighted by molar-refractivity contribution is -0.121. The third kappa shape index (κ3) is 5.25. The van der Waals surface area contributed by atoms with Gasteiger partial charge >= 0.3 is 0 Å². The van der Waals surface area contributed by atoms with Gasteiger partial charge in [-0.25, -0.2) is 9.98 Å². The molecule has 0 bridgehead atoms. The van der Waals surface area contributed by atoms with Crippen molar-refractivity contribution in [3.8, 4) is 10.8 Å². The Kier molecular flexibility index (Phi) is 6.86. The minimum atomic E-state index is 0.126. The second-order valence-electron chi connectivity index (χ2n) is 7.73. The Morgan fingerprint density at radius 1 is 1.26 bits per heavy atom. The molecule has 0 radical (unpaired) electrons. The predicted molar refractivity (Wildman–Crippen MR) is 125 cm³/mol. The predicted octanol–water partition coefficient (Wildman–Crippen LogP) is 3.87. The average Bonchev–Trinajstić information content (AvgIpc) is 3.44. The molecule has 0 unspecified atom stereocenters. The largest absolute Gasteiger partial charge is 0.457 e. The number of rotatable bonds is 6. The van der Waals surface area contributed by atoms with Crippen molar-refractivity contribution in [2.24, 2.45) is 10.9 Å². The summed E-state index contributed by atoms with van der Waals surface area (Å²) in [5.74, 6) is 3.07. The molecule has 1 aromatic carbocycles. The van der Waals surface area contributed by atoms with Crippen LogP contribution in [0.25, 0.3) is 21.0 Å². The minimum absolute atomic E-state index is 0.126. The molecule has 1 aliphatic heterocycles. The van der Waals surface area contributed by atoms with E-state index in [4.69, 9.17) is 9.41 Å². The van der Waals surface area contributed by atoms with Gasteiger partial charge < -0.3 is 20.0 Å². The van der Waals surface area contributed by atoms with Crippen LogP contribution in [-0.2, 0) is 11.3 Å². The normalized spacial score (nSPS) is 15.4. The minimum Gasteiger partial charge on any atom is -0.457 e. The van der Waals surface area contributed by atoms with E-state index in [1.54, 1.807) is 18.4 Å². The summed E-state index contributed by atoms with van der Waals surface area (Å²) in [6, 6.07) is 12.1. The Morgan fingerprint density at radius 3 is 2.81 bits per heavy atom. The van der Waals surface area contributed by atoms with Gasteiger partial charge in [0, 0.05) is 33.1 Å². The van der Waals surface area contributed by atoms with Crippen molar-refractivity contribution in [1.29, 1.82) is 0 Å². The summed E-state index contributed by atoms with van der Waals surface area (Å²) in [7, 11) is 1.70. The molecule has 0 spiro atoms. The number of furan rings is 1. The monoisotopic (exact) mass is 439 g/mol. The lowest BCUT2D eigenvalue weighted by Crippen LogP contribution is -2.46. The SMILES string of the molecule is CCNC(=NCc1ccc(-c2nc3ccccc3s2)o1)N1CCC(CC(=O)NC)CC1. The Hall–Kier alpha value is -2.87. The first kappa shape index (κ1) is 21.4. The average molecular weight is 440 g/mol. The van der Waals surface area contributed by atoms with Crippen molar-refractivity contribution in [2.75, 3.05) is 26.7 Å². The van der Waals surface area contributed by atoms with Crippen LogP contribution in [0.3, 0.4) is 0 Å². The van der Waals surface area contributed by atoms with Crippen molar-refractivity contribution >= 4 is 33.4 Å². The maximum Gasteiger partial charge on any atom is 0.220 e.